The second kappa shape index (κ2) is 26.4. The van der Waals surface area contributed by atoms with Crippen LogP contribution in [0.5, 0.6) is 12.0 Å². The SMILES string of the molecule is O=S(=O)([O-])c1cc(Nc2nc(Nc3ccccc3)nc(OCCOCCO)n2)ccc1C=Cc1ccc(Nc2nc(Nc3ccccc3)nc(OCCOCCO)n2)cc1S(=O)(=O)[O-].[Na+].[Na+]. The topological polar surface area (TPSA) is 317 Å². The van der Waals surface area contributed by atoms with Gasteiger partial charge in [-0.2, -0.15) is 29.9 Å². The molecule has 0 unspecified atom stereocenters. The number of para-hydroxylation sites is 2. The largest absolute Gasteiger partial charge is 1.00 e. The minimum Gasteiger partial charge on any atom is -0.744 e. The van der Waals surface area contributed by atoms with Crippen LogP contribution in [0.2, 0.25) is 0 Å². The van der Waals surface area contributed by atoms with Crippen molar-refractivity contribution in [2.75, 3.05) is 74.1 Å². The normalized spacial score (nSPS) is 11.3. The quantitative estimate of drug-likeness (QED) is 0.0162. The fourth-order valence-electron chi connectivity index (χ4n) is 5.45. The number of aliphatic hydroxyl groups is 2. The molecule has 0 amide bonds. The number of aromatic nitrogens is 6. The summed E-state index contributed by atoms with van der Waals surface area (Å²) in [6.07, 6.45) is 2.34. The molecule has 2 aromatic heterocycles. The van der Waals surface area contributed by atoms with Crippen LogP contribution in [0.25, 0.3) is 12.2 Å². The number of nitrogens with zero attached hydrogens (tertiary/aromatic N) is 6. The van der Waals surface area contributed by atoms with Crippen LogP contribution < -0.4 is 89.9 Å². The predicted octanol–water partition coefficient (Wildman–Crippen LogP) is -2.21. The number of hydrogen-bond acceptors (Lipinski definition) is 22. The summed E-state index contributed by atoms with van der Waals surface area (Å²) in [7, 11) is -10.3. The first-order valence-electron chi connectivity index (χ1n) is 19.1. The summed E-state index contributed by atoms with van der Waals surface area (Å²) in [4.78, 5) is 24.2. The van der Waals surface area contributed by atoms with Crippen molar-refractivity contribution in [3.8, 4) is 12.0 Å². The fraction of sp³-hybridized carbons (Fsp3) is 0.200. The molecule has 0 aliphatic carbocycles. The van der Waals surface area contributed by atoms with Crippen LogP contribution in [0.4, 0.5) is 46.5 Å². The summed E-state index contributed by atoms with van der Waals surface area (Å²) < 4.78 is 97.0. The van der Waals surface area contributed by atoms with Crippen LogP contribution >= 0.6 is 0 Å². The molecule has 0 atom stereocenters. The van der Waals surface area contributed by atoms with Crippen LogP contribution in [-0.2, 0) is 29.7 Å². The average Bonchev–Trinajstić information content (AvgIpc) is 3.26. The van der Waals surface area contributed by atoms with Gasteiger partial charge in [-0.3, -0.25) is 0 Å². The predicted molar refractivity (Wildman–Crippen MR) is 230 cm³/mol. The van der Waals surface area contributed by atoms with E-state index in [4.69, 9.17) is 29.2 Å². The van der Waals surface area contributed by atoms with Crippen LogP contribution in [0.3, 0.4) is 0 Å². The zero-order chi connectivity index (χ0) is 45.4. The molecule has 66 heavy (non-hydrogen) atoms. The van der Waals surface area contributed by atoms with Crippen molar-refractivity contribution in [1.82, 2.24) is 29.9 Å². The van der Waals surface area contributed by atoms with Gasteiger partial charge >= 0.3 is 71.1 Å². The summed E-state index contributed by atoms with van der Waals surface area (Å²) in [6.45, 7) is 0.162. The number of aliphatic hydroxyl groups excluding tert-OH is 2. The van der Waals surface area contributed by atoms with Crippen molar-refractivity contribution < 1.29 is 114 Å². The van der Waals surface area contributed by atoms with Gasteiger partial charge in [0.25, 0.3) is 0 Å². The molecular formula is C40H40N10Na2O12S2. The number of nitrogens with one attached hydrogen (secondary N) is 4. The monoisotopic (exact) mass is 962 g/mol. The van der Waals surface area contributed by atoms with Crippen molar-refractivity contribution in [3.63, 3.8) is 0 Å². The van der Waals surface area contributed by atoms with Gasteiger partial charge in [-0.15, -0.1) is 0 Å². The molecule has 2 heterocycles. The molecular weight excluding hydrogens is 923 g/mol. The average molecular weight is 963 g/mol. The molecule has 26 heteroatoms. The summed E-state index contributed by atoms with van der Waals surface area (Å²) in [5, 5.41) is 29.6. The van der Waals surface area contributed by atoms with Crippen LogP contribution in [0.1, 0.15) is 11.1 Å². The molecule has 6 rings (SSSR count). The van der Waals surface area contributed by atoms with Gasteiger partial charge in [-0.1, -0.05) is 60.7 Å². The molecule has 6 N–H and O–H groups in total. The summed E-state index contributed by atoms with van der Waals surface area (Å²) >= 11 is 0. The van der Waals surface area contributed by atoms with Gasteiger partial charge in [-0.25, -0.2) is 16.8 Å². The molecule has 0 aliphatic rings. The molecule has 0 bridgehead atoms. The second-order valence-corrected chi connectivity index (χ2v) is 15.6. The molecule has 0 spiro atoms. The van der Waals surface area contributed by atoms with Crippen molar-refractivity contribution in [2.24, 2.45) is 0 Å². The Morgan fingerprint density at radius 2 is 0.818 bits per heavy atom. The summed E-state index contributed by atoms with van der Waals surface area (Å²) in [5.41, 5.74) is 1.15. The first-order valence-corrected chi connectivity index (χ1v) is 21.9. The van der Waals surface area contributed by atoms with E-state index in [0.717, 1.165) is 12.1 Å². The first-order chi connectivity index (χ1) is 30.9. The number of ether oxygens (including phenoxy) is 4. The van der Waals surface area contributed by atoms with Crippen molar-refractivity contribution in [2.45, 2.75) is 9.79 Å². The van der Waals surface area contributed by atoms with Gasteiger partial charge in [0.05, 0.1) is 49.4 Å². The minimum atomic E-state index is -5.15. The van der Waals surface area contributed by atoms with E-state index in [9.17, 15) is 25.9 Å². The molecule has 336 valence electrons. The first kappa shape index (κ1) is 53.7. The Morgan fingerprint density at radius 1 is 0.470 bits per heavy atom. The van der Waals surface area contributed by atoms with Crippen molar-refractivity contribution >= 4 is 78.9 Å². The zero-order valence-electron chi connectivity index (χ0n) is 35.5. The van der Waals surface area contributed by atoms with Gasteiger partial charge in [-0.05, 0) is 59.7 Å². The second-order valence-electron chi connectivity index (χ2n) is 12.9. The Labute approximate surface area is 423 Å². The van der Waals surface area contributed by atoms with E-state index in [2.05, 4.69) is 51.2 Å². The van der Waals surface area contributed by atoms with Gasteiger partial charge < -0.3 is 59.5 Å². The van der Waals surface area contributed by atoms with E-state index in [1.807, 2.05) is 12.1 Å². The molecule has 6 aromatic rings. The van der Waals surface area contributed by atoms with Gasteiger partial charge in [0.2, 0.25) is 23.8 Å². The third kappa shape index (κ3) is 17.1. The number of hydrogen-bond donors (Lipinski definition) is 6. The van der Waals surface area contributed by atoms with E-state index in [1.54, 1.807) is 48.5 Å². The van der Waals surface area contributed by atoms with Crippen molar-refractivity contribution in [3.05, 3.63) is 108 Å². The van der Waals surface area contributed by atoms with Crippen LogP contribution in [0, 0.1) is 0 Å². The van der Waals surface area contributed by atoms with Gasteiger partial charge in [0.1, 0.15) is 33.5 Å². The molecule has 0 saturated carbocycles. The maximum atomic E-state index is 12.6. The van der Waals surface area contributed by atoms with Gasteiger partial charge in [0.15, 0.2) is 0 Å². The Balaban J connectivity index is 0.00000476. The van der Waals surface area contributed by atoms with Crippen LogP contribution in [0.15, 0.2) is 107 Å². The number of rotatable bonds is 24. The van der Waals surface area contributed by atoms with E-state index >= 15 is 0 Å². The van der Waals surface area contributed by atoms with E-state index in [0.29, 0.717) is 11.4 Å². The van der Waals surface area contributed by atoms with Crippen LogP contribution in [-0.4, -0.2) is 119 Å². The Bertz CT molecular complexity index is 2570. The number of benzene rings is 4. The number of anilines is 8. The molecule has 0 aliphatic heterocycles. The Kier molecular flexibility index (Phi) is 21.5. The molecule has 4 aromatic carbocycles. The van der Waals surface area contributed by atoms with E-state index in [1.165, 1.54) is 36.4 Å². The zero-order valence-corrected chi connectivity index (χ0v) is 41.2. The molecule has 22 nitrogen and oxygen atoms in total. The third-order valence-electron chi connectivity index (χ3n) is 8.20. The smallest absolute Gasteiger partial charge is 0.744 e. The molecule has 0 radical (unpaired) electrons. The van der Waals surface area contributed by atoms with E-state index < -0.39 is 30.0 Å². The fourth-order valence-corrected chi connectivity index (χ4v) is 6.85. The maximum Gasteiger partial charge on any atom is 1.00 e. The molecule has 0 saturated heterocycles. The van der Waals surface area contributed by atoms with Crippen molar-refractivity contribution in [1.29, 1.82) is 0 Å². The summed E-state index contributed by atoms with van der Waals surface area (Å²) in [5.74, 6) is -0.0650. The third-order valence-corrected chi connectivity index (χ3v) is 9.98. The Hall–Kier alpha value is -4.90. The minimum absolute atomic E-state index is 0. The standard InChI is InChI=1S/C40H42N10O12S2.2Na/c51-17-19-59-21-23-61-39-47-35(41-29-7-3-1-4-8-29)45-37(49-39)43-31-15-13-27(33(25-31)63(53,54)55)11-12-28-14-16-32(26-34(28)64(56,57)58)44-38-46-36(42-30-9-5-2-6-10-30)48-40(50-38)62-24-22-60-20-18-52;;/h1-16,25-26,51-52H,17-24H2,(H,53,54,55)(H,56,57,58)(H2,41,43,45,47,49)(H2,42,44,46,48,50);;/q;2*+1/p-2. The Morgan fingerprint density at radius 3 is 1.15 bits per heavy atom. The summed E-state index contributed by atoms with van der Waals surface area (Å²) in [6, 6.07) is 25.1. The van der Waals surface area contributed by atoms with E-state index in [-0.39, 0.29) is 170 Å². The van der Waals surface area contributed by atoms with Gasteiger partial charge in [0, 0.05) is 22.7 Å². The molecule has 0 fully saturated rings. The maximum absolute atomic E-state index is 12.6.